The molecule has 0 saturated heterocycles. The lowest BCUT2D eigenvalue weighted by Crippen LogP contribution is -2.32. The van der Waals surface area contributed by atoms with Crippen molar-refractivity contribution in [1.29, 1.82) is 0 Å². The SMILES string of the molecule is CC(c1ccc(-n2cncn2)cc1)N(C)CC(=O)Nc1ccc(Cl)cc1C(F)(F)F. The summed E-state index contributed by atoms with van der Waals surface area (Å²) in [7, 11) is 1.72. The van der Waals surface area contributed by atoms with Crippen LogP contribution in [0.2, 0.25) is 5.02 Å². The van der Waals surface area contributed by atoms with Crippen LogP contribution in [0, 0.1) is 0 Å². The number of aromatic nitrogens is 3. The number of carbonyl (C=O) groups is 1. The first kappa shape index (κ1) is 21.8. The van der Waals surface area contributed by atoms with Gasteiger partial charge in [0.1, 0.15) is 12.7 Å². The zero-order valence-electron chi connectivity index (χ0n) is 16.2. The summed E-state index contributed by atoms with van der Waals surface area (Å²) < 4.78 is 41.2. The lowest BCUT2D eigenvalue weighted by atomic mass is 10.1. The molecule has 0 aliphatic heterocycles. The molecule has 0 saturated carbocycles. The predicted octanol–water partition coefficient (Wildman–Crippen LogP) is 4.57. The second-order valence-corrected chi connectivity index (χ2v) is 7.19. The maximum absolute atomic E-state index is 13.2. The van der Waals surface area contributed by atoms with Gasteiger partial charge in [-0.2, -0.15) is 18.3 Å². The molecule has 1 aromatic heterocycles. The Bertz CT molecular complexity index is 1010. The molecule has 1 unspecified atom stereocenters. The maximum atomic E-state index is 13.2. The van der Waals surface area contributed by atoms with E-state index in [-0.39, 0.29) is 23.3 Å². The van der Waals surface area contributed by atoms with Gasteiger partial charge in [-0.3, -0.25) is 9.69 Å². The lowest BCUT2D eigenvalue weighted by Gasteiger charge is -2.25. The highest BCUT2D eigenvalue weighted by atomic mass is 35.5. The number of nitrogens with one attached hydrogen (secondary N) is 1. The highest BCUT2D eigenvalue weighted by Crippen LogP contribution is 2.36. The van der Waals surface area contributed by atoms with E-state index in [1.807, 2.05) is 31.2 Å². The third kappa shape index (κ3) is 5.17. The van der Waals surface area contributed by atoms with Crippen molar-refractivity contribution in [3.05, 3.63) is 71.3 Å². The maximum Gasteiger partial charge on any atom is 0.418 e. The van der Waals surface area contributed by atoms with Gasteiger partial charge < -0.3 is 5.32 Å². The van der Waals surface area contributed by atoms with Gasteiger partial charge >= 0.3 is 6.18 Å². The predicted molar refractivity (Wildman–Crippen MR) is 107 cm³/mol. The average molecular weight is 438 g/mol. The summed E-state index contributed by atoms with van der Waals surface area (Å²) in [5.41, 5.74) is 0.473. The molecular formula is C20H19ClF3N5O. The summed E-state index contributed by atoms with van der Waals surface area (Å²) in [6.45, 7) is 1.81. The highest BCUT2D eigenvalue weighted by Gasteiger charge is 2.34. The van der Waals surface area contributed by atoms with Crippen molar-refractivity contribution in [1.82, 2.24) is 19.7 Å². The van der Waals surface area contributed by atoms with Crippen molar-refractivity contribution in [3.63, 3.8) is 0 Å². The second kappa shape index (κ2) is 8.85. The molecule has 0 aliphatic rings. The Labute approximate surface area is 176 Å². The monoisotopic (exact) mass is 437 g/mol. The van der Waals surface area contributed by atoms with E-state index in [1.165, 1.54) is 12.4 Å². The first-order valence-corrected chi connectivity index (χ1v) is 9.35. The third-order valence-electron chi connectivity index (χ3n) is 4.67. The van der Waals surface area contributed by atoms with Crippen molar-refractivity contribution in [2.45, 2.75) is 19.1 Å². The van der Waals surface area contributed by atoms with Gasteiger partial charge in [0, 0.05) is 11.1 Å². The van der Waals surface area contributed by atoms with E-state index in [0.717, 1.165) is 23.4 Å². The number of benzene rings is 2. The van der Waals surface area contributed by atoms with E-state index < -0.39 is 17.6 Å². The average Bonchev–Trinajstić information content (AvgIpc) is 3.23. The molecule has 1 amide bonds. The number of hydrogen-bond acceptors (Lipinski definition) is 4. The number of likely N-dealkylation sites (N-methyl/N-ethyl adjacent to an activating group) is 1. The number of nitrogens with zero attached hydrogens (tertiary/aromatic N) is 4. The summed E-state index contributed by atoms with van der Waals surface area (Å²) in [6.07, 6.45) is -1.60. The zero-order chi connectivity index (χ0) is 21.9. The molecule has 10 heteroatoms. The molecule has 6 nitrogen and oxygen atoms in total. The van der Waals surface area contributed by atoms with Crippen LogP contribution >= 0.6 is 11.6 Å². The molecule has 3 rings (SSSR count). The summed E-state index contributed by atoms with van der Waals surface area (Å²) >= 11 is 5.67. The first-order valence-electron chi connectivity index (χ1n) is 8.97. The second-order valence-electron chi connectivity index (χ2n) is 6.76. The first-order chi connectivity index (χ1) is 14.1. The van der Waals surface area contributed by atoms with Crippen molar-refractivity contribution in [3.8, 4) is 5.69 Å². The Kier molecular flexibility index (Phi) is 6.42. The van der Waals surface area contributed by atoms with Gasteiger partial charge in [0.25, 0.3) is 0 Å². The molecule has 1 heterocycles. The van der Waals surface area contributed by atoms with Crippen LogP contribution in [0.15, 0.2) is 55.1 Å². The van der Waals surface area contributed by atoms with Crippen molar-refractivity contribution in [2.75, 3.05) is 18.9 Å². The van der Waals surface area contributed by atoms with E-state index in [9.17, 15) is 18.0 Å². The van der Waals surface area contributed by atoms with Crippen LogP contribution < -0.4 is 5.32 Å². The van der Waals surface area contributed by atoms with Gasteiger partial charge in [-0.1, -0.05) is 23.7 Å². The molecule has 0 radical (unpaired) electrons. The smallest absolute Gasteiger partial charge is 0.324 e. The quantitative estimate of drug-likeness (QED) is 0.613. The van der Waals surface area contributed by atoms with Crippen LogP contribution in [0.25, 0.3) is 5.69 Å². The van der Waals surface area contributed by atoms with Crippen LogP contribution in [0.1, 0.15) is 24.1 Å². The van der Waals surface area contributed by atoms with E-state index in [4.69, 9.17) is 11.6 Å². The minimum atomic E-state index is -4.63. The standard InChI is InChI=1S/C20H19ClF3N5O/c1-13(14-3-6-16(7-4-14)29-12-25-11-26-29)28(2)10-19(30)27-18-8-5-15(21)9-17(18)20(22,23)24/h3-9,11-13H,10H2,1-2H3,(H,27,30). The fraction of sp³-hybridized carbons (Fsp3) is 0.250. The topological polar surface area (TPSA) is 63.1 Å². The minimum Gasteiger partial charge on any atom is -0.324 e. The number of alkyl halides is 3. The molecule has 1 N–H and O–H groups in total. The van der Waals surface area contributed by atoms with Crippen LogP contribution in [-0.2, 0) is 11.0 Å². The van der Waals surface area contributed by atoms with Gasteiger partial charge in [-0.15, -0.1) is 0 Å². The van der Waals surface area contributed by atoms with Crippen LogP contribution in [0.5, 0.6) is 0 Å². The number of hydrogen-bond donors (Lipinski definition) is 1. The Morgan fingerprint density at radius 3 is 2.53 bits per heavy atom. The number of halogens is 4. The summed E-state index contributed by atoms with van der Waals surface area (Å²) in [5, 5.41) is 6.34. The number of carbonyl (C=O) groups excluding carboxylic acids is 1. The van der Waals surface area contributed by atoms with Crippen LogP contribution in [-0.4, -0.2) is 39.2 Å². The molecule has 30 heavy (non-hydrogen) atoms. The summed E-state index contributed by atoms with van der Waals surface area (Å²) in [6, 6.07) is 10.6. The number of rotatable bonds is 6. The molecule has 1 atom stereocenters. The van der Waals surface area contributed by atoms with Gasteiger partial charge in [0.2, 0.25) is 5.91 Å². The molecule has 0 fully saturated rings. The van der Waals surface area contributed by atoms with E-state index >= 15 is 0 Å². The Morgan fingerprint density at radius 1 is 1.23 bits per heavy atom. The molecule has 0 aliphatic carbocycles. The highest BCUT2D eigenvalue weighted by molar-refractivity contribution is 6.30. The third-order valence-corrected chi connectivity index (χ3v) is 4.91. The molecule has 0 spiro atoms. The largest absolute Gasteiger partial charge is 0.418 e. The molecule has 158 valence electrons. The van der Waals surface area contributed by atoms with Gasteiger partial charge in [-0.05, 0) is 49.9 Å². The fourth-order valence-corrected chi connectivity index (χ4v) is 3.09. The number of amides is 1. The van der Waals surface area contributed by atoms with E-state index in [2.05, 4.69) is 15.4 Å². The van der Waals surface area contributed by atoms with Crippen molar-refractivity contribution < 1.29 is 18.0 Å². The van der Waals surface area contributed by atoms with E-state index in [1.54, 1.807) is 23.0 Å². The zero-order valence-corrected chi connectivity index (χ0v) is 16.9. The van der Waals surface area contributed by atoms with Crippen LogP contribution in [0.4, 0.5) is 18.9 Å². The van der Waals surface area contributed by atoms with E-state index in [0.29, 0.717) is 0 Å². The van der Waals surface area contributed by atoms with Crippen molar-refractivity contribution >= 4 is 23.2 Å². The normalized spacial score (nSPS) is 12.8. The summed E-state index contributed by atoms with van der Waals surface area (Å²) in [5.74, 6) is -0.559. The molecule has 3 aromatic rings. The Balaban J connectivity index is 1.66. The van der Waals surface area contributed by atoms with Crippen molar-refractivity contribution in [2.24, 2.45) is 0 Å². The van der Waals surface area contributed by atoms with Gasteiger partial charge in [-0.25, -0.2) is 9.67 Å². The Hall–Kier alpha value is -2.91. The minimum absolute atomic E-state index is 0.0552. The molecule has 0 bridgehead atoms. The van der Waals surface area contributed by atoms with Gasteiger partial charge in [0.15, 0.2) is 0 Å². The fourth-order valence-electron chi connectivity index (χ4n) is 2.91. The lowest BCUT2D eigenvalue weighted by molar-refractivity contribution is -0.137. The van der Waals surface area contributed by atoms with Crippen LogP contribution in [0.3, 0.4) is 0 Å². The number of anilines is 1. The Morgan fingerprint density at radius 2 is 1.93 bits per heavy atom. The van der Waals surface area contributed by atoms with Gasteiger partial charge in [0.05, 0.1) is 23.5 Å². The molecular weight excluding hydrogens is 419 g/mol. The molecule has 2 aromatic carbocycles. The summed E-state index contributed by atoms with van der Waals surface area (Å²) in [4.78, 5) is 18.0.